The average Bonchev–Trinajstić information content (AvgIpc) is 3.23. The smallest absolute Gasteiger partial charge is 0.260 e. The number of phenols is 1. The van der Waals surface area contributed by atoms with Gasteiger partial charge in [0.05, 0.1) is 0 Å². The van der Waals surface area contributed by atoms with Crippen LogP contribution in [-0.2, 0) is 4.79 Å². The van der Waals surface area contributed by atoms with E-state index < -0.39 is 6.10 Å². The summed E-state index contributed by atoms with van der Waals surface area (Å²) in [5.41, 5.74) is 0. The van der Waals surface area contributed by atoms with Crippen molar-refractivity contribution >= 4 is 16.7 Å². The Morgan fingerprint density at radius 1 is 1.30 bits per heavy atom. The van der Waals surface area contributed by atoms with Gasteiger partial charge < -0.3 is 15.2 Å². The number of fused-ring (bicyclic) bond motifs is 1. The summed E-state index contributed by atoms with van der Waals surface area (Å²) in [4.78, 5) is 11.9. The lowest BCUT2D eigenvalue weighted by atomic mass is 10.1. The molecule has 2 N–H and O–H groups in total. The molecule has 4 nitrogen and oxygen atoms in total. The van der Waals surface area contributed by atoms with E-state index in [9.17, 15) is 9.90 Å². The fourth-order valence-corrected chi connectivity index (χ4v) is 2.09. The molecule has 4 heteroatoms. The topological polar surface area (TPSA) is 58.6 Å². The molecule has 0 saturated heterocycles. The first-order chi connectivity index (χ1) is 9.63. The van der Waals surface area contributed by atoms with E-state index in [1.807, 2.05) is 24.3 Å². The third-order valence-electron chi connectivity index (χ3n) is 3.42. The van der Waals surface area contributed by atoms with Crippen molar-refractivity contribution in [1.82, 2.24) is 5.32 Å². The fraction of sp³-hybridized carbons (Fsp3) is 0.312. The Kier molecular flexibility index (Phi) is 3.22. The van der Waals surface area contributed by atoms with Crippen LogP contribution in [0.3, 0.4) is 0 Å². The molecule has 2 aromatic rings. The highest BCUT2D eigenvalue weighted by Crippen LogP contribution is 2.32. The summed E-state index contributed by atoms with van der Waals surface area (Å²) in [6.45, 7) is 1.69. The quantitative estimate of drug-likeness (QED) is 0.898. The molecular weight excluding hydrogens is 254 g/mol. The van der Waals surface area contributed by atoms with E-state index >= 15 is 0 Å². The van der Waals surface area contributed by atoms with Gasteiger partial charge in [0.2, 0.25) is 0 Å². The number of benzene rings is 2. The zero-order chi connectivity index (χ0) is 14.1. The second-order valence-electron chi connectivity index (χ2n) is 5.21. The summed E-state index contributed by atoms with van der Waals surface area (Å²) >= 11 is 0. The number of amides is 1. The Morgan fingerprint density at radius 2 is 1.95 bits per heavy atom. The molecule has 0 heterocycles. The van der Waals surface area contributed by atoms with E-state index in [1.165, 1.54) is 0 Å². The fourth-order valence-electron chi connectivity index (χ4n) is 2.09. The molecule has 0 bridgehead atoms. The van der Waals surface area contributed by atoms with Crippen molar-refractivity contribution in [3.63, 3.8) is 0 Å². The third-order valence-corrected chi connectivity index (χ3v) is 3.42. The first-order valence-electron chi connectivity index (χ1n) is 6.82. The maximum atomic E-state index is 11.9. The monoisotopic (exact) mass is 271 g/mol. The molecule has 1 fully saturated rings. The van der Waals surface area contributed by atoms with Gasteiger partial charge in [0.25, 0.3) is 5.91 Å². The predicted octanol–water partition coefficient (Wildman–Crippen LogP) is 2.59. The highest BCUT2D eigenvalue weighted by Gasteiger charge is 2.26. The molecule has 0 spiro atoms. The number of carbonyl (C=O) groups excluding carboxylic acids is 1. The van der Waals surface area contributed by atoms with Gasteiger partial charge in [-0.25, -0.2) is 0 Å². The van der Waals surface area contributed by atoms with E-state index in [2.05, 4.69) is 5.32 Å². The Morgan fingerprint density at radius 3 is 2.60 bits per heavy atom. The van der Waals surface area contributed by atoms with Gasteiger partial charge in [0.1, 0.15) is 0 Å². The molecule has 2 aromatic carbocycles. The van der Waals surface area contributed by atoms with Crippen LogP contribution in [-0.4, -0.2) is 23.2 Å². The van der Waals surface area contributed by atoms with E-state index in [0.29, 0.717) is 11.8 Å². The van der Waals surface area contributed by atoms with Gasteiger partial charge in [0, 0.05) is 6.04 Å². The zero-order valence-corrected chi connectivity index (χ0v) is 11.3. The number of hydrogen-bond donors (Lipinski definition) is 2. The van der Waals surface area contributed by atoms with Crippen LogP contribution in [0.4, 0.5) is 0 Å². The Hall–Kier alpha value is -2.23. The van der Waals surface area contributed by atoms with Crippen molar-refractivity contribution in [2.45, 2.75) is 31.9 Å². The van der Waals surface area contributed by atoms with Crippen LogP contribution in [0.1, 0.15) is 19.8 Å². The molecule has 1 saturated carbocycles. The molecular formula is C16H17NO3. The minimum absolute atomic E-state index is 0.0507. The number of carbonyl (C=O) groups is 1. The van der Waals surface area contributed by atoms with Gasteiger partial charge in [-0.15, -0.1) is 0 Å². The predicted molar refractivity (Wildman–Crippen MR) is 76.9 cm³/mol. The Balaban J connectivity index is 1.78. The van der Waals surface area contributed by atoms with Gasteiger partial charge in [-0.05, 0) is 42.7 Å². The summed E-state index contributed by atoms with van der Waals surface area (Å²) in [6, 6.07) is 11.4. The largest absolute Gasteiger partial charge is 0.504 e. The summed E-state index contributed by atoms with van der Waals surface area (Å²) < 4.78 is 5.58. The van der Waals surface area contributed by atoms with E-state index in [1.54, 1.807) is 19.1 Å². The number of nitrogens with one attached hydrogen (secondary N) is 1. The molecule has 1 aliphatic rings. The molecule has 1 atom stereocenters. The number of phenolic OH excluding ortho intramolecular Hbond substituents is 1. The van der Waals surface area contributed by atoms with Crippen molar-refractivity contribution in [3.05, 3.63) is 36.4 Å². The summed E-state index contributed by atoms with van der Waals surface area (Å²) in [6.07, 6.45) is 1.46. The van der Waals surface area contributed by atoms with Crippen LogP contribution < -0.4 is 10.1 Å². The van der Waals surface area contributed by atoms with E-state index in [4.69, 9.17) is 4.74 Å². The third kappa shape index (κ3) is 2.69. The standard InChI is InChI=1S/C16H17NO3/c1-10(16(19)17-13-6-7-13)20-15-9-12-5-3-2-4-11(12)8-14(15)18/h2-5,8-10,13,18H,6-7H2,1H3,(H,17,19). The lowest BCUT2D eigenvalue weighted by Crippen LogP contribution is -2.37. The first-order valence-corrected chi connectivity index (χ1v) is 6.82. The highest BCUT2D eigenvalue weighted by atomic mass is 16.5. The van der Waals surface area contributed by atoms with Gasteiger partial charge in [-0.3, -0.25) is 4.79 Å². The molecule has 1 aliphatic carbocycles. The molecule has 0 radical (unpaired) electrons. The molecule has 20 heavy (non-hydrogen) atoms. The van der Waals surface area contributed by atoms with Crippen molar-refractivity contribution in [3.8, 4) is 11.5 Å². The molecule has 1 amide bonds. The number of ether oxygens (including phenoxy) is 1. The van der Waals surface area contributed by atoms with Crippen LogP contribution >= 0.6 is 0 Å². The summed E-state index contributed by atoms with van der Waals surface area (Å²) in [5.74, 6) is 0.247. The molecule has 3 rings (SSSR count). The van der Waals surface area contributed by atoms with Crippen molar-refractivity contribution < 1.29 is 14.6 Å². The minimum atomic E-state index is -0.623. The lowest BCUT2D eigenvalue weighted by Gasteiger charge is -2.16. The van der Waals surface area contributed by atoms with Gasteiger partial charge >= 0.3 is 0 Å². The van der Waals surface area contributed by atoms with Gasteiger partial charge in [-0.2, -0.15) is 0 Å². The van der Waals surface area contributed by atoms with Crippen LogP contribution in [0.5, 0.6) is 11.5 Å². The van der Waals surface area contributed by atoms with E-state index in [-0.39, 0.29) is 11.7 Å². The van der Waals surface area contributed by atoms with Crippen LogP contribution in [0.15, 0.2) is 36.4 Å². The second-order valence-corrected chi connectivity index (χ2v) is 5.21. The Labute approximate surface area is 117 Å². The molecule has 104 valence electrons. The average molecular weight is 271 g/mol. The maximum absolute atomic E-state index is 11.9. The van der Waals surface area contributed by atoms with Crippen molar-refractivity contribution in [2.24, 2.45) is 0 Å². The van der Waals surface area contributed by atoms with E-state index in [0.717, 1.165) is 23.6 Å². The lowest BCUT2D eigenvalue weighted by molar-refractivity contribution is -0.127. The number of aromatic hydroxyl groups is 1. The second kappa shape index (κ2) is 5.04. The zero-order valence-electron chi connectivity index (χ0n) is 11.3. The summed E-state index contributed by atoms with van der Waals surface area (Å²) in [7, 11) is 0. The maximum Gasteiger partial charge on any atom is 0.260 e. The molecule has 1 unspecified atom stereocenters. The molecule has 0 aliphatic heterocycles. The van der Waals surface area contributed by atoms with Gasteiger partial charge in [-0.1, -0.05) is 24.3 Å². The minimum Gasteiger partial charge on any atom is -0.504 e. The highest BCUT2D eigenvalue weighted by molar-refractivity contribution is 5.86. The molecule has 0 aromatic heterocycles. The van der Waals surface area contributed by atoms with Crippen LogP contribution in [0.2, 0.25) is 0 Å². The van der Waals surface area contributed by atoms with Gasteiger partial charge in [0.15, 0.2) is 17.6 Å². The van der Waals surface area contributed by atoms with Crippen LogP contribution in [0.25, 0.3) is 10.8 Å². The van der Waals surface area contributed by atoms with Crippen molar-refractivity contribution in [1.29, 1.82) is 0 Å². The normalized spacial score (nSPS) is 15.8. The van der Waals surface area contributed by atoms with Crippen molar-refractivity contribution in [2.75, 3.05) is 0 Å². The number of rotatable bonds is 4. The summed E-state index contributed by atoms with van der Waals surface area (Å²) in [5, 5.41) is 14.8. The first kappa shape index (κ1) is 12.8. The number of hydrogen-bond acceptors (Lipinski definition) is 3. The van der Waals surface area contributed by atoms with Crippen LogP contribution in [0, 0.1) is 0 Å². The Bertz CT molecular complexity index is 649. The SMILES string of the molecule is CC(Oc1cc2ccccc2cc1O)C(=O)NC1CC1.